The molecule has 0 fully saturated rings. The quantitative estimate of drug-likeness (QED) is 0.712. The van der Waals surface area contributed by atoms with Crippen LogP contribution in [0.2, 0.25) is 0 Å². The summed E-state index contributed by atoms with van der Waals surface area (Å²) >= 11 is 0. The molecule has 136 valence electrons. The number of fused-ring (bicyclic) bond motifs is 1. The van der Waals surface area contributed by atoms with Gasteiger partial charge in [0.05, 0.1) is 12.5 Å². The van der Waals surface area contributed by atoms with Crippen molar-refractivity contribution in [2.75, 3.05) is 0 Å². The first kappa shape index (κ1) is 17.8. The third-order valence-electron chi connectivity index (χ3n) is 4.26. The molecule has 1 N–H and O–H groups in total. The molecule has 26 heavy (non-hydrogen) atoms. The number of carbonyl (C=O) groups is 1. The zero-order chi connectivity index (χ0) is 18.8. The summed E-state index contributed by atoms with van der Waals surface area (Å²) in [5, 5.41) is 11.7. The van der Waals surface area contributed by atoms with E-state index in [0.717, 1.165) is 10.9 Å². The van der Waals surface area contributed by atoms with Gasteiger partial charge in [0.25, 0.3) is 0 Å². The van der Waals surface area contributed by atoms with Gasteiger partial charge in [-0.1, -0.05) is 12.1 Å². The molecular formula is C19H22N4O3. The fourth-order valence-electron chi connectivity index (χ4n) is 2.97. The predicted molar refractivity (Wildman–Crippen MR) is 97.9 cm³/mol. The summed E-state index contributed by atoms with van der Waals surface area (Å²) in [6, 6.07) is 6.88. The van der Waals surface area contributed by atoms with E-state index in [1.165, 1.54) is 6.07 Å². The van der Waals surface area contributed by atoms with Crippen LogP contribution in [0.4, 0.5) is 0 Å². The van der Waals surface area contributed by atoms with Crippen LogP contribution in [0.5, 0.6) is 0 Å². The van der Waals surface area contributed by atoms with Crippen LogP contribution in [0.25, 0.3) is 11.0 Å². The van der Waals surface area contributed by atoms with Gasteiger partial charge in [0.15, 0.2) is 5.82 Å². The van der Waals surface area contributed by atoms with E-state index in [4.69, 9.17) is 4.42 Å². The van der Waals surface area contributed by atoms with Gasteiger partial charge in [-0.2, -0.15) is 0 Å². The van der Waals surface area contributed by atoms with Crippen molar-refractivity contribution in [3.63, 3.8) is 0 Å². The third kappa shape index (κ3) is 3.66. The van der Waals surface area contributed by atoms with Crippen LogP contribution in [0.3, 0.4) is 0 Å². The maximum atomic E-state index is 12.5. The lowest BCUT2D eigenvalue weighted by molar-refractivity contribution is -0.121. The zero-order valence-corrected chi connectivity index (χ0v) is 15.3. The first-order chi connectivity index (χ1) is 12.3. The number of aryl methyl sites for hydroxylation is 1. The summed E-state index contributed by atoms with van der Waals surface area (Å²) in [7, 11) is 0. The summed E-state index contributed by atoms with van der Waals surface area (Å²) in [5.41, 5.74) is 1.67. The lowest BCUT2D eigenvalue weighted by atomic mass is 10.1. The van der Waals surface area contributed by atoms with Crippen LogP contribution in [-0.4, -0.2) is 20.7 Å². The summed E-state index contributed by atoms with van der Waals surface area (Å²) < 4.78 is 7.15. The van der Waals surface area contributed by atoms with Gasteiger partial charge in [-0.25, -0.2) is 4.79 Å². The van der Waals surface area contributed by atoms with E-state index in [-0.39, 0.29) is 24.4 Å². The van der Waals surface area contributed by atoms with Crippen LogP contribution in [0.15, 0.2) is 39.8 Å². The van der Waals surface area contributed by atoms with Gasteiger partial charge in [0.2, 0.25) is 5.91 Å². The van der Waals surface area contributed by atoms with Gasteiger partial charge >= 0.3 is 5.63 Å². The van der Waals surface area contributed by atoms with E-state index in [9.17, 15) is 9.59 Å². The monoisotopic (exact) mass is 354 g/mol. The molecular weight excluding hydrogens is 332 g/mol. The number of amides is 1. The van der Waals surface area contributed by atoms with Crippen LogP contribution >= 0.6 is 0 Å². The summed E-state index contributed by atoms with van der Waals surface area (Å²) in [6.45, 7) is 7.84. The average molecular weight is 354 g/mol. The molecule has 3 aromatic rings. The smallest absolute Gasteiger partial charge is 0.336 e. The number of hydrogen-bond donors (Lipinski definition) is 1. The van der Waals surface area contributed by atoms with Crippen molar-refractivity contribution in [3.05, 3.63) is 58.0 Å². The van der Waals surface area contributed by atoms with E-state index in [1.807, 2.05) is 44.4 Å². The Morgan fingerprint density at radius 2 is 2.04 bits per heavy atom. The fourth-order valence-corrected chi connectivity index (χ4v) is 2.97. The van der Waals surface area contributed by atoms with Crippen molar-refractivity contribution in [2.24, 2.45) is 0 Å². The predicted octanol–water partition coefficient (Wildman–Crippen LogP) is 2.69. The van der Waals surface area contributed by atoms with Gasteiger partial charge in [0, 0.05) is 17.5 Å². The summed E-state index contributed by atoms with van der Waals surface area (Å²) in [6.07, 6.45) is 1.74. The average Bonchev–Trinajstić information content (AvgIpc) is 3.04. The van der Waals surface area contributed by atoms with Crippen molar-refractivity contribution in [1.82, 2.24) is 20.1 Å². The molecule has 0 spiro atoms. The molecule has 1 amide bonds. The first-order valence-corrected chi connectivity index (χ1v) is 8.57. The molecule has 0 aliphatic carbocycles. The number of nitrogens with zero attached hydrogens (tertiary/aromatic N) is 3. The Balaban J connectivity index is 1.81. The van der Waals surface area contributed by atoms with Gasteiger partial charge in [-0.3, -0.25) is 4.79 Å². The van der Waals surface area contributed by atoms with Crippen molar-refractivity contribution in [3.8, 4) is 0 Å². The molecule has 3 rings (SSSR count). The van der Waals surface area contributed by atoms with Crippen LogP contribution in [-0.2, 0) is 11.2 Å². The molecule has 0 bridgehead atoms. The summed E-state index contributed by atoms with van der Waals surface area (Å²) in [4.78, 5) is 24.3. The standard InChI is InChI=1S/C19H22N4O3/c1-11(2)23-10-20-22-19(23)13(4)21-17(24)8-14-9-18(25)26-16-7-12(3)5-6-15(14)16/h5-7,9-11,13H,8H2,1-4H3,(H,21,24). The maximum Gasteiger partial charge on any atom is 0.336 e. The number of benzene rings is 1. The van der Waals surface area contributed by atoms with E-state index in [0.29, 0.717) is 17.0 Å². The highest BCUT2D eigenvalue weighted by Crippen LogP contribution is 2.20. The second-order valence-electron chi connectivity index (χ2n) is 6.75. The molecule has 0 saturated heterocycles. The van der Waals surface area contributed by atoms with Crippen molar-refractivity contribution in [1.29, 1.82) is 0 Å². The summed E-state index contributed by atoms with van der Waals surface area (Å²) in [5.74, 6) is 0.504. The first-order valence-electron chi connectivity index (χ1n) is 8.57. The highest BCUT2D eigenvalue weighted by atomic mass is 16.4. The Labute approximate surface area is 151 Å². The number of aromatic nitrogens is 3. The molecule has 0 saturated carbocycles. The molecule has 0 aliphatic heterocycles. The Bertz CT molecular complexity index is 1000. The number of hydrogen-bond acceptors (Lipinski definition) is 5. The van der Waals surface area contributed by atoms with Crippen molar-refractivity contribution in [2.45, 2.75) is 46.2 Å². The van der Waals surface area contributed by atoms with Gasteiger partial charge in [-0.15, -0.1) is 10.2 Å². The molecule has 1 unspecified atom stereocenters. The van der Waals surface area contributed by atoms with Gasteiger partial charge in [0.1, 0.15) is 11.9 Å². The van der Waals surface area contributed by atoms with E-state index >= 15 is 0 Å². The Kier molecular flexibility index (Phi) is 4.88. The molecule has 2 heterocycles. The number of rotatable bonds is 5. The zero-order valence-electron chi connectivity index (χ0n) is 15.3. The Morgan fingerprint density at radius 1 is 1.27 bits per heavy atom. The minimum Gasteiger partial charge on any atom is -0.423 e. The molecule has 7 nitrogen and oxygen atoms in total. The number of nitrogens with one attached hydrogen (secondary N) is 1. The third-order valence-corrected chi connectivity index (χ3v) is 4.26. The normalized spacial score (nSPS) is 12.5. The van der Waals surface area contributed by atoms with Crippen molar-refractivity contribution >= 4 is 16.9 Å². The SMILES string of the molecule is Cc1ccc2c(CC(=O)NC(C)c3nncn3C(C)C)cc(=O)oc2c1. The van der Waals surface area contributed by atoms with E-state index in [1.54, 1.807) is 12.4 Å². The second-order valence-corrected chi connectivity index (χ2v) is 6.75. The minimum absolute atomic E-state index is 0.0886. The molecule has 1 aromatic carbocycles. The van der Waals surface area contributed by atoms with Crippen LogP contribution in [0, 0.1) is 6.92 Å². The number of carbonyl (C=O) groups excluding carboxylic acids is 1. The van der Waals surface area contributed by atoms with Crippen LogP contribution in [0.1, 0.15) is 49.8 Å². The van der Waals surface area contributed by atoms with Crippen LogP contribution < -0.4 is 10.9 Å². The highest BCUT2D eigenvalue weighted by Gasteiger charge is 2.18. The van der Waals surface area contributed by atoms with E-state index in [2.05, 4.69) is 15.5 Å². The molecule has 1 atom stereocenters. The Hall–Kier alpha value is -2.96. The Morgan fingerprint density at radius 3 is 2.77 bits per heavy atom. The topological polar surface area (TPSA) is 90.0 Å². The second kappa shape index (κ2) is 7.11. The van der Waals surface area contributed by atoms with E-state index < -0.39 is 5.63 Å². The van der Waals surface area contributed by atoms with Gasteiger partial charge < -0.3 is 14.3 Å². The van der Waals surface area contributed by atoms with Crippen molar-refractivity contribution < 1.29 is 9.21 Å². The fraction of sp³-hybridized carbons (Fsp3) is 0.368. The maximum absolute atomic E-state index is 12.5. The molecule has 0 aliphatic rings. The molecule has 0 radical (unpaired) electrons. The molecule has 2 aromatic heterocycles. The lowest BCUT2D eigenvalue weighted by Gasteiger charge is -2.17. The lowest BCUT2D eigenvalue weighted by Crippen LogP contribution is -2.30. The largest absolute Gasteiger partial charge is 0.423 e. The highest BCUT2D eigenvalue weighted by molar-refractivity contribution is 5.87. The minimum atomic E-state index is -0.460. The van der Waals surface area contributed by atoms with Gasteiger partial charge in [-0.05, 0) is 44.9 Å². The molecule has 7 heteroatoms.